The number of nitrogens with two attached hydrogens (primary N) is 1. The molecule has 5 heteroatoms. The Morgan fingerprint density at radius 3 is 2.29 bits per heavy atom. The Kier molecular flexibility index (Phi) is 5.72. The molecule has 0 aromatic carbocycles. The molecule has 0 radical (unpaired) electrons. The summed E-state index contributed by atoms with van der Waals surface area (Å²) in [7, 11) is 3.38. The molecule has 0 unspecified atom stereocenters. The van der Waals surface area contributed by atoms with E-state index in [2.05, 4.69) is 9.88 Å². The minimum Gasteiger partial charge on any atom is -0.397 e. The molecule has 0 spiro atoms. The maximum absolute atomic E-state index is 5.70. The molecule has 0 bridgehead atoms. The number of nitrogen functional groups attached to an aromatic ring is 1. The lowest BCUT2D eigenvalue weighted by atomic mass is 10.2. The molecular formula is C12H21N3O2. The van der Waals surface area contributed by atoms with Gasteiger partial charge in [0.2, 0.25) is 0 Å². The van der Waals surface area contributed by atoms with Crippen molar-refractivity contribution in [2.75, 3.05) is 51.2 Å². The van der Waals surface area contributed by atoms with Crippen LogP contribution in [-0.4, -0.2) is 45.5 Å². The molecule has 0 fully saturated rings. The molecule has 2 N–H and O–H groups in total. The van der Waals surface area contributed by atoms with Crippen LogP contribution in [0.15, 0.2) is 12.3 Å². The van der Waals surface area contributed by atoms with E-state index in [1.54, 1.807) is 20.4 Å². The van der Waals surface area contributed by atoms with Crippen LogP contribution in [0.2, 0.25) is 0 Å². The molecule has 5 nitrogen and oxygen atoms in total. The van der Waals surface area contributed by atoms with Crippen LogP contribution in [0, 0.1) is 6.92 Å². The van der Waals surface area contributed by atoms with Gasteiger partial charge in [0, 0.05) is 27.3 Å². The van der Waals surface area contributed by atoms with E-state index in [1.807, 2.05) is 13.0 Å². The van der Waals surface area contributed by atoms with Crippen molar-refractivity contribution in [3.63, 3.8) is 0 Å². The van der Waals surface area contributed by atoms with Gasteiger partial charge in [0.15, 0.2) is 0 Å². The van der Waals surface area contributed by atoms with Crippen molar-refractivity contribution >= 4 is 11.5 Å². The Morgan fingerprint density at radius 1 is 1.24 bits per heavy atom. The lowest BCUT2D eigenvalue weighted by Crippen LogP contribution is -2.32. The highest BCUT2D eigenvalue weighted by Crippen LogP contribution is 2.18. The fraction of sp³-hybridized carbons (Fsp3) is 0.583. The zero-order valence-electron chi connectivity index (χ0n) is 10.8. The number of pyridine rings is 1. The van der Waals surface area contributed by atoms with Crippen LogP contribution in [-0.2, 0) is 9.47 Å². The predicted octanol–water partition coefficient (Wildman–Crippen LogP) is 1.07. The summed E-state index contributed by atoms with van der Waals surface area (Å²) in [5, 5.41) is 0. The van der Waals surface area contributed by atoms with Gasteiger partial charge in [-0.1, -0.05) is 0 Å². The Labute approximate surface area is 103 Å². The predicted molar refractivity (Wildman–Crippen MR) is 69.4 cm³/mol. The molecule has 0 aliphatic heterocycles. The first-order valence-corrected chi connectivity index (χ1v) is 5.64. The number of rotatable bonds is 7. The maximum Gasteiger partial charge on any atom is 0.131 e. The van der Waals surface area contributed by atoms with Crippen molar-refractivity contribution in [1.29, 1.82) is 0 Å². The van der Waals surface area contributed by atoms with E-state index in [0.29, 0.717) is 18.9 Å². The van der Waals surface area contributed by atoms with Crippen LogP contribution in [0.5, 0.6) is 0 Å². The second-order valence-corrected chi connectivity index (χ2v) is 3.88. The van der Waals surface area contributed by atoms with Gasteiger partial charge in [-0.25, -0.2) is 4.98 Å². The van der Waals surface area contributed by atoms with E-state index in [4.69, 9.17) is 15.2 Å². The molecule has 1 aromatic heterocycles. The highest BCUT2D eigenvalue weighted by molar-refractivity contribution is 5.52. The molecule has 17 heavy (non-hydrogen) atoms. The number of hydrogen-bond donors (Lipinski definition) is 1. The molecule has 96 valence electrons. The molecular weight excluding hydrogens is 218 g/mol. The zero-order chi connectivity index (χ0) is 12.7. The summed E-state index contributed by atoms with van der Waals surface area (Å²) >= 11 is 0. The maximum atomic E-state index is 5.70. The minimum absolute atomic E-state index is 0.662. The minimum atomic E-state index is 0.662. The number of aryl methyl sites for hydroxylation is 1. The number of aromatic nitrogens is 1. The van der Waals surface area contributed by atoms with Crippen molar-refractivity contribution in [3.05, 3.63) is 17.8 Å². The highest BCUT2D eigenvalue weighted by Gasteiger charge is 2.10. The van der Waals surface area contributed by atoms with Crippen molar-refractivity contribution in [2.45, 2.75) is 6.92 Å². The molecule has 0 aliphatic rings. The summed E-state index contributed by atoms with van der Waals surface area (Å²) in [5.41, 5.74) is 7.45. The summed E-state index contributed by atoms with van der Waals surface area (Å²) < 4.78 is 10.2. The van der Waals surface area contributed by atoms with E-state index in [9.17, 15) is 0 Å². The van der Waals surface area contributed by atoms with E-state index in [1.165, 1.54) is 0 Å². The average Bonchev–Trinajstić information content (AvgIpc) is 2.30. The fourth-order valence-electron chi connectivity index (χ4n) is 1.65. The quantitative estimate of drug-likeness (QED) is 0.771. The average molecular weight is 239 g/mol. The summed E-state index contributed by atoms with van der Waals surface area (Å²) in [5.74, 6) is 0.938. The third kappa shape index (κ3) is 4.20. The van der Waals surface area contributed by atoms with Crippen LogP contribution >= 0.6 is 0 Å². The second-order valence-electron chi connectivity index (χ2n) is 3.88. The molecule has 0 amide bonds. The van der Waals surface area contributed by atoms with Gasteiger partial charge in [-0.15, -0.1) is 0 Å². The number of nitrogens with zero attached hydrogens (tertiary/aromatic N) is 2. The van der Waals surface area contributed by atoms with Gasteiger partial charge in [0.1, 0.15) is 5.82 Å². The monoisotopic (exact) mass is 239 g/mol. The first kappa shape index (κ1) is 13.7. The summed E-state index contributed by atoms with van der Waals surface area (Å²) in [6.45, 7) is 4.91. The normalized spacial score (nSPS) is 10.5. The number of anilines is 2. The van der Waals surface area contributed by atoms with Crippen LogP contribution in [0.4, 0.5) is 11.5 Å². The van der Waals surface area contributed by atoms with Gasteiger partial charge in [-0.05, 0) is 18.6 Å². The first-order chi connectivity index (χ1) is 8.19. The third-order valence-electron chi connectivity index (χ3n) is 2.50. The van der Waals surface area contributed by atoms with Crippen molar-refractivity contribution in [2.24, 2.45) is 0 Å². The SMILES string of the molecule is COCCN(CCOC)c1ncc(N)cc1C. The van der Waals surface area contributed by atoms with E-state index >= 15 is 0 Å². The summed E-state index contributed by atoms with van der Waals surface area (Å²) in [4.78, 5) is 6.51. The topological polar surface area (TPSA) is 60.6 Å². The van der Waals surface area contributed by atoms with Gasteiger partial charge in [0.25, 0.3) is 0 Å². The Hall–Kier alpha value is -1.33. The zero-order valence-corrected chi connectivity index (χ0v) is 10.8. The van der Waals surface area contributed by atoms with Crippen LogP contribution in [0.1, 0.15) is 5.56 Å². The first-order valence-electron chi connectivity index (χ1n) is 5.64. The summed E-state index contributed by atoms with van der Waals surface area (Å²) in [6.07, 6.45) is 1.68. The van der Waals surface area contributed by atoms with Crippen molar-refractivity contribution in [3.8, 4) is 0 Å². The molecule has 1 aromatic rings. The Morgan fingerprint density at radius 2 is 1.82 bits per heavy atom. The molecule has 1 rings (SSSR count). The van der Waals surface area contributed by atoms with Crippen molar-refractivity contribution in [1.82, 2.24) is 4.98 Å². The van der Waals surface area contributed by atoms with Crippen molar-refractivity contribution < 1.29 is 9.47 Å². The van der Waals surface area contributed by atoms with Gasteiger partial charge in [0.05, 0.1) is 25.1 Å². The van der Waals surface area contributed by atoms with Crippen LogP contribution in [0.25, 0.3) is 0 Å². The fourth-order valence-corrected chi connectivity index (χ4v) is 1.65. The molecule has 1 heterocycles. The van der Waals surface area contributed by atoms with E-state index < -0.39 is 0 Å². The van der Waals surface area contributed by atoms with Crippen LogP contribution < -0.4 is 10.6 Å². The lowest BCUT2D eigenvalue weighted by molar-refractivity contribution is 0.190. The van der Waals surface area contributed by atoms with Gasteiger partial charge in [-0.2, -0.15) is 0 Å². The van der Waals surface area contributed by atoms with Gasteiger partial charge < -0.3 is 20.1 Å². The lowest BCUT2D eigenvalue weighted by Gasteiger charge is -2.24. The molecule has 0 atom stereocenters. The molecule has 0 aliphatic carbocycles. The number of hydrogen-bond acceptors (Lipinski definition) is 5. The molecule has 0 saturated heterocycles. The Bertz CT molecular complexity index is 337. The smallest absolute Gasteiger partial charge is 0.131 e. The van der Waals surface area contributed by atoms with Gasteiger partial charge >= 0.3 is 0 Å². The standard InChI is InChI=1S/C12H21N3O2/c1-10-8-11(13)9-14-12(10)15(4-6-16-2)5-7-17-3/h8-9H,4-7,13H2,1-3H3. The largest absolute Gasteiger partial charge is 0.397 e. The second kappa shape index (κ2) is 7.09. The van der Waals surface area contributed by atoms with Gasteiger partial charge in [-0.3, -0.25) is 0 Å². The Balaban J connectivity index is 2.79. The number of methoxy groups -OCH3 is 2. The number of ether oxygens (including phenoxy) is 2. The van der Waals surface area contributed by atoms with Crippen LogP contribution in [0.3, 0.4) is 0 Å². The third-order valence-corrected chi connectivity index (χ3v) is 2.50. The van der Waals surface area contributed by atoms with E-state index in [0.717, 1.165) is 24.5 Å². The summed E-state index contributed by atoms with van der Waals surface area (Å²) in [6, 6.07) is 1.93. The van der Waals surface area contributed by atoms with E-state index in [-0.39, 0.29) is 0 Å². The highest BCUT2D eigenvalue weighted by atomic mass is 16.5. The molecule has 0 saturated carbocycles.